The number of nitrogens with one attached hydrogen (secondary N) is 2. The van der Waals surface area contributed by atoms with Crippen molar-refractivity contribution in [2.24, 2.45) is 10.8 Å². The summed E-state index contributed by atoms with van der Waals surface area (Å²) in [5, 5.41) is 3.13. The van der Waals surface area contributed by atoms with Crippen LogP contribution in [0.4, 0.5) is 0 Å². The minimum absolute atomic E-state index is 0.312. The fourth-order valence-corrected chi connectivity index (χ4v) is 1.39. The van der Waals surface area contributed by atoms with Crippen molar-refractivity contribution in [2.75, 3.05) is 0 Å². The zero-order valence-electron chi connectivity index (χ0n) is 10.1. The molecule has 0 bridgehead atoms. The van der Waals surface area contributed by atoms with E-state index in [9.17, 15) is 0 Å². The molecule has 4 N–H and O–H groups in total. The molecule has 0 fully saturated rings. The van der Waals surface area contributed by atoms with Crippen molar-refractivity contribution in [2.45, 2.75) is 33.4 Å². The molecule has 1 aromatic rings. The molecule has 0 spiro atoms. The van der Waals surface area contributed by atoms with E-state index in [-0.39, 0.29) is 0 Å². The maximum Gasteiger partial charge on any atom is 0.206 e. The monoisotopic (exact) mass is 220 g/mol. The third-order valence-electron chi connectivity index (χ3n) is 2.06. The van der Waals surface area contributed by atoms with E-state index in [0.717, 1.165) is 0 Å². The number of hydrogen-bond donors (Lipinski definition) is 3. The highest BCUT2D eigenvalue weighted by atomic mass is 15.3. The third-order valence-corrected chi connectivity index (χ3v) is 2.06. The number of rotatable bonds is 3. The van der Waals surface area contributed by atoms with Crippen molar-refractivity contribution in [3.05, 3.63) is 35.4 Å². The van der Waals surface area contributed by atoms with Crippen LogP contribution in [-0.2, 0) is 6.54 Å². The SMILES string of the molecule is Cc1cccc(CN=C(NN)NC(C)C)c1. The van der Waals surface area contributed by atoms with Gasteiger partial charge in [-0.3, -0.25) is 5.43 Å². The molecule has 0 radical (unpaired) electrons. The van der Waals surface area contributed by atoms with E-state index in [1.807, 2.05) is 19.9 Å². The Morgan fingerprint density at radius 2 is 2.19 bits per heavy atom. The van der Waals surface area contributed by atoms with Gasteiger partial charge < -0.3 is 5.32 Å². The van der Waals surface area contributed by atoms with Gasteiger partial charge in [0.25, 0.3) is 0 Å². The maximum absolute atomic E-state index is 5.37. The van der Waals surface area contributed by atoms with Gasteiger partial charge in [0.05, 0.1) is 6.54 Å². The second-order valence-corrected chi connectivity index (χ2v) is 4.10. The van der Waals surface area contributed by atoms with E-state index in [4.69, 9.17) is 5.84 Å². The van der Waals surface area contributed by atoms with E-state index in [1.165, 1.54) is 11.1 Å². The van der Waals surface area contributed by atoms with Crippen LogP contribution < -0.4 is 16.6 Å². The van der Waals surface area contributed by atoms with Gasteiger partial charge in [-0.15, -0.1) is 0 Å². The van der Waals surface area contributed by atoms with Crippen LogP contribution in [0.3, 0.4) is 0 Å². The van der Waals surface area contributed by atoms with Crippen molar-refractivity contribution >= 4 is 5.96 Å². The molecule has 4 heteroatoms. The number of guanidine groups is 1. The molecule has 0 atom stereocenters. The summed E-state index contributed by atoms with van der Waals surface area (Å²) < 4.78 is 0. The number of hydrazine groups is 1. The summed E-state index contributed by atoms with van der Waals surface area (Å²) in [6, 6.07) is 8.59. The molecular weight excluding hydrogens is 200 g/mol. The first kappa shape index (κ1) is 12.5. The Labute approximate surface area is 96.9 Å². The summed E-state index contributed by atoms with van der Waals surface area (Å²) in [5.74, 6) is 5.99. The number of benzene rings is 1. The highest BCUT2D eigenvalue weighted by molar-refractivity contribution is 5.79. The minimum atomic E-state index is 0.312. The van der Waals surface area contributed by atoms with Crippen molar-refractivity contribution in [1.29, 1.82) is 0 Å². The Morgan fingerprint density at radius 3 is 2.75 bits per heavy atom. The smallest absolute Gasteiger partial charge is 0.206 e. The van der Waals surface area contributed by atoms with Crippen molar-refractivity contribution in [3.8, 4) is 0 Å². The van der Waals surface area contributed by atoms with E-state index >= 15 is 0 Å². The van der Waals surface area contributed by atoms with Crippen LogP contribution in [0.5, 0.6) is 0 Å². The Morgan fingerprint density at radius 1 is 1.44 bits per heavy atom. The fraction of sp³-hybridized carbons (Fsp3) is 0.417. The fourth-order valence-electron chi connectivity index (χ4n) is 1.39. The second-order valence-electron chi connectivity index (χ2n) is 4.10. The van der Waals surface area contributed by atoms with Gasteiger partial charge in [0.15, 0.2) is 0 Å². The van der Waals surface area contributed by atoms with E-state index in [2.05, 4.69) is 40.9 Å². The maximum atomic E-state index is 5.37. The van der Waals surface area contributed by atoms with E-state index in [0.29, 0.717) is 18.5 Å². The number of aliphatic imine (C=N–C) groups is 1. The first-order chi connectivity index (χ1) is 7.61. The number of aryl methyl sites for hydroxylation is 1. The molecule has 0 aliphatic rings. The second kappa shape index (κ2) is 6.12. The molecule has 1 aromatic carbocycles. The Balaban J connectivity index is 2.62. The van der Waals surface area contributed by atoms with Gasteiger partial charge >= 0.3 is 0 Å². The molecule has 0 heterocycles. The summed E-state index contributed by atoms with van der Waals surface area (Å²) in [5.41, 5.74) is 4.98. The standard InChI is InChI=1S/C12H20N4/c1-9(2)15-12(16-13)14-8-11-6-4-5-10(3)7-11/h4-7,9H,8,13H2,1-3H3,(H2,14,15,16). The molecule has 0 aliphatic heterocycles. The summed E-state index contributed by atoms with van der Waals surface area (Å²) in [7, 11) is 0. The Hall–Kier alpha value is -1.55. The highest BCUT2D eigenvalue weighted by Gasteiger charge is 1.98. The lowest BCUT2D eigenvalue weighted by atomic mass is 10.1. The lowest BCUT2D eigenvalue weighted by molar-refractivity contribution is 0.702. The zero-order chi connectivity index (χ0) is 12.0. The van der Waals surface area contributed by atoms with Crippen molar-refractivity contribution in [1.82, 2.24) is 10.7 Å². The molecule has 0 unspecified atom stereocenters. The minimum Gasteiger partial charge on any atom is -0.353 e. The molecule has 0 aromatic heterocycles. The largest absolute Gasteiger partial charge is 0.353 e. The molecule has 0 saturated heterocycles. The van der Waals surface area contributed by atoms with Crippen LogP contribution in [-0.4, -0.2) is 12.0 Å². The van der Waals surface area contributed by atoms with Crippen LogP contribution in [0.2, 0.25) is 0 Å². The van der Waals surface area contributed by atoms with Crippen molar-refractivity contribution in [3.63, 3.8) is 0 Å². The summed E-state index contributed by atoms with van der Waals surface area (Å²) in [6.07, 6.45) is 0. The molecule has 1 rings (SSSR count). The van der Waals surface area contributed by atoms with Crippen molar-refractivity contribution < 1.29 is 0 Å². The van der Waals surface area contributed by atoms with E-state index in [1.54, 1.807) is 0 Å². The molecule has 0 amide bonds. The molecule has 16 heavy (non-hydrogen) atoms. The molecule has 0 saturated carbocycles. The van der Waals surface area contributed by atoms with Crippen LogP contribution in [0, 0.1) is 6.92 Å². The summed E-state index contributed by atoms with van der Waals surface area (Å²) in [4.78, 5) is 4.36. The van der Waals surface area contributed by atoms with Crippen LogP contribution in [0.25, 0.3) is 0 Å². The first-order valence-corrected chi connectivity index (χ1v) is 5.45. The summed E-state index contributed by atoms with van der Waals surface area (Å²) in [6.45, 7) is 6.78. The average molecular weight is 220 g/mol. The third kappa shape index (κ3) is 4.31. The van der Waals surface area contributed by atoms with Gasteiger partial charge in [0, 0.05) is 6.04 Å². The normalized spacial score (nSPS) is 11.7. The lowest BCUT2D eigenvalue weighted by Crippen LogP contribution is -2.44. The summed E-state index contributed by atoms with van der Waals surface area (Å²) >= 11 is 0. The molecule has 4 nitrogen and oxygen atoms in total. The zero-order valence-corrected chi connectivity index (χ0v) is 10.1. The molecule has 88 valence electrons. The quantitative estimate of drug-likeness (QED) is 0.311. The van der Waals surface area contributed by atoms with Crippen LogP contribution >= 0.6 is 0 Å². The van der Waals surface area contributed by atoms with E-state index < -0.39 is 0 Å². The van der Waals surface area contributed by atoms with Gasteiger partial charge in [-0.25, -0.2) is 10.8 Å². The predicted molar refractivity (Wildman–Crippen MR) is 67.9 cm³/mol. The van der Waals surface area contributed by atoms with Crippen LogP contribution in [0.15, 0.2) is 29.3 Å². The van der Waals surface area contributed by atoms with Gasteiger partial charge in [0.1, 0.15) is 0 Å². The Bertz CT molecular complexity index is 358. The first-order valence-electron chi connectivity index (χ1n) is 5.45. The Kier molecular flexibility index (Phi) is 4.79. The topological polar surface area (TPSA) is 62.4 Å². The molecule has 0 aliphatic carbocycles. The predicted octanol–water partition coefficient (Wildman–Crippen LogP) is 1.31. The van der Waals surface area contributed by atoms with Crippen LogP contribution in [0.1, 0.15) is 25.0 Å². The number of nitrogens with two attached hydrogens (primary N) is 1. The van der Waals surface area contributed by atoms with Gasteiger partial charge in [-0.1, -0.05) is 29.8 Å². The van der Waals surface area contributed by atoms with Gasteiger partial charge in [-0.2, -0.15) is 0 Å². The van der Waals surface area contributed by atoms with Gasteiger partial charge in [-0.05, 0) is 26.3 Å². The molecular formula is C12H20N4. The number of nitrogens with zero attached hydrogens (tertiary/aromatic N) is 1. The van der Waals surface area contributed by atoms with Gasteiger partial charge in [0.2, 0.25) is 5.96 Å². The highest BCUT2D eigenvalue weighted by Crippen LogP contribution is 2.04. The average Bonchev–Trinajstić information content (AvgIpc) is 2.24. The number of hydrogen-bond acceptors (Lipinski definition) is 2. The lowest BCUT2D eigenvalue weighted by Gasteiger charge is -2.11.